The molecule has 0 bridgehead atoms. The number of para-hydroxylation sites is 2. The zero-order valence-corrected chi connectivity index (χ0v) is 18.8. The Morgan fingerprint density at radius 1 is 0.739 bits per heavy atom. The predicted octanol–water partition coefficient (Wildman–Crippen LogP) is 5.92. The van der Waals surface area contributed by atoms with Crippen LogP contribution < -0.4 is 9.47 Å². The second-order valence-electron chi connectivity index (χ2n) is 5.65. The lowest BCUT2D eigenvalue weighted by molar-refractivity contribution is 0.338. The zero-order valence-electron chi connectivity index (χ0n) is 13.5. The van der Waals surface area contributed by atoms with E-state index in [0.717, 1.165) is 36.0 Å². The summed E-state index contributed by atoms with van der Waals surface area (Å²) in [7, 11) is -1.61. The van der Waals surface area contributed by atoms with Crippen molar-refractivity contribution in [2.45, 2.75) is 25.9 Å². The second kappa shape index (κ2) is 9.27. The van der Waals surface area contributed by atoms with Crippen LogP contribution in [-0.2, 0) is 0 Å². The van der Waals surface area contributed by atoms with Gasteiger partial charge in [-0.1, -0.05) is 46.2 Å². The van der Waals surface area contributed by atoms with E-state index in [2.05, 4.69) is 71.2 Å². The quantitative estimate of drug-likeness (QED) is 0.299. The standard InChI is InChI=1S/C18H22I2O2Si/c1-3-23(4-2,13-21-17-11-7-5-9-15(17)19)14-22-18-12-8-6-10-16(18)20/h5-12H,3-4,13-14H2,1-2H3/q-1. The van der Waals surface area contributed by atoms with E-state index < -0.39 is 8.07 Å². The van der Waals surface area contributed by atoms with Crippen LogP contribution in [0.5, 0.6) is 11.5 Å². The van der Waals surface area contributed by atoms with Crippen molar-refractivity contribution in [2.75, 3.05) is 12.5 Å². The molecule has 0 N–H and O–H groups in total. The van der Waals surface area contributed by atoms with Crippen molar-refractivity contribution in [2.24, 2.45) is 0 Å². The lowest BCUT2D eigenvalue weighted by Crippen LogP contribution is -2.46. The van der Waals surface area contributed by atoms with Crippen LogP contribution >= 0.6 is 45.2 Å². The van der Waals surface area contributed by atoms with Crippen LogP contribution in [-0.4, -0.2) is 20.5 Å². The molecule has 0 radical (unpaired) electrons. The maximum Gasteiger partial charge on any atom is 0.128 e. The number of benzene rings is 2. The van der Waals surface area contributed by atoms with Gasteiger partial charge in [0.25, 0.3) is 0 Å². The van der Waals surface area contributed by atoms with E-state index >= 15 is 0 Å². The first kappa shape index (κ1) is 19.0. The van der Waals surface area contributed by atoms with Gasteiger partial charge >= 0.3 is 0 Å². The maximum atomic E-state index is 6.18. The Hall–Kier alpha value is -0.283. The van der Waals surface area contributed by atoms with E-state index in [1.54, 1.807) is 0 Å². The molecule has 0 saturated carbocycles. The van der Waals surface area contributed by atoms with Crippen molar-refractivity contribution in [1.29, 1.82) is 0 Å². The fourth-order valence-electron chi connectivity index (χ4n) is 2.29. The lowest BCUT2D eigenvalue weighted by atomic mass is 10.3. The number of hydrogen-bond donors (Lipinski definition) is 0. The normalized spacial score (nSPS) is 11.3. The molecule has 23 heavy (non-hydrogen) atoms. The van der Waals surface area contributed by atoms with Gasteiger partial charge in [-0.25, -0.2) is 0 Å². The summed E-state index contributed by atoms with van der Waals surface area (Å²) < 4.78 is 14.7. The first-order chi connectivity index (χ1) is 11.1. The minimum absolute atomic E-state index is 0.809. The van der Waals surface area contributed by atoms with Gasteiger partial charge in [-0.15, -0.1) is 0 Å². The van der Waals surface area contributed by atoms with Crippen LogP contribution in [0.1, 0.15) is 13.8 Å². The van der Waals surface area contributed by atoms with Gasteiger partial charge in [0, 0.05) is 0 Å². The monoisotopic (exact) mass is 552 g/mol. The van der Waals surface area contributed by atoms with E-state index in [1.807, 2.05) is 36.4 Å². The summed E-state index contributed by atoms with van der Waals surface area (Å²) in [5, 5.41) is 0. The Labute approximate surface area is 167 Å². The fraction of sp³-hybridized carbons (Fsp3) is 0.333. The molecule has 0 amide bonds. The molecule has 2 rings (SSSR count). The number of hydrogen-bond acceptors (Lipinski definition) is 2. The molecule has 0 aliphatic rings. The van der Waals surface area contributed by atoms with Gasteiger partial charge in [0.2, 0.25) is 0 Å². The van der Waals surface area contributed by atoms with Crippen molar-refractivity contribution >= 4 is 53.3 Å². The van der Waals surface area contributed by atoms with Crippen LogP contribution in [0.15, 0.2) is 48.5 Å². The van der Waals surface area contributed by atoms with Crippen molar-refractivity contribution in [3.63, 3.8) is 0 Å². The summed E-state index contributed by atoms with van der Waals surface area (Å²) in [6, 6.07) is 18.7. The van der Waals surface area contributed by atoms with Crippen LogP contribution in [0.2, 0.25) is 12.1 Å². The molecule has 0 unspecified atom stereocenters. The predicted molar refractivity (Wildman–Crippen MR) is 116 cm³/mol. The summed E-state index contributed by atoms with van der Waals surface area (Å²) in [5.74, 6) is 1.97. The average Bonchev–Trinajstić information content (AvgIpc) is 2.58. The minimum atomic E-state index is -1.61. The van der Waals surface area contributed by atoms with Crippen molar-refractivity contribution in [3.05, 3.63) is 55.7 Å². The molecule has 2 nitrogen and oxygen atoms in total. The van der Waals surface area contributed by atoms with Gasteiger partial charge in [0.1, 0.15) is 11.5 Å². The SMILES string of the molecule is CC[Si-](CC)(COc1ccccc1I)COc1ccccc1I. The third-order valence-corrected chi connectivity index (χ3v) is 10.5. The first-order valence-corrected chi connectivity index (χ1v) is 12.8. The number of halogens is 2. The number of rotatable bonds is 8. The molecule has 2 aromatic carbocycles. The van der Waals surface area contributed by atoms with Crippen molar-refractivity contribution in [3.8, 4) is 11.5 Å². The fourth-order valence-corrected chi connectivity index (χ4v) is 5.69. The molecule has 0 aliphatic carbocycles. The van der Waals surface area contributed by atoms with E-state index in [-0.39, 0.29) is 0 Å². The van der Waals surface area contributed by atoms with E-state index in [9.17, 15) is 0 Å². The molecule has 0 fully saturated rings. The molecule has 0 saturated heterocycles. The lowest BCUT2D eigenvalue weighted by Gasteiger charge is -2.40. The molecule has 5 heteroatoms. The van der Waals surface area contributed by atoms with Crippen LogP contribution in [0.3, 0.4) is 0 Å². The molecule has 0 aromatic heterocycles. The summed E-state index contributed by atoms with van der Waals surface area (Å²) in [6.45, 7) is 4.54. The largest absolute Gasteiger partial charge is 0.526 e. The average molecular weight is 552 g/mol. The van der Waals surface area contributed by atoms with E-state index in [0.29, 0.717) is 0 Å². The van der Waals surface area contributed by atoms with Gasteiger partial charge in [-0.2, -0.15) is 12.1 Å². The van der Waals surface area contributed by atoms with Gasteiger partial charge < -0.3 is 9.47 Å². The van der Waals surface area contributed by atoms with Gasteiger partial charge in [-0.05, 0) is 81.9 Å². The minimum Gasteiger partial charge on any atom is -0.526 e. The highest BCUT2D eigenvalue weighted by Gasteiger charge is 2.20. The van der Waals surface area contributed by atoms with Crippen LogP contribution in [0.25, 0.3) is 0 Å². The topological polar surface area (TPSA) is 18.5 Å². The highest BCUT2D eigenvalue weighted by Crippen LogP contribution is 2.25. The van der Waals surface area contributed by atoms with Crippen LogP contribution in [0, 0.1) is 7.14 Å². The Morgan fingerprint density at radius 3 is 1.48 bits per heavy atom. The van der Waals surface area contributed by atoms with Crippen molar-refractivity contribution < 1.29 is 9.47 Å². The Kier molecular flexibility index (Phi) is 7.67. The summed E-state index contributed by atoms with van der Waals surface area (Å²) >= 11 is 4.66. The summed E-state index contributed by atoms with van der Waals surface area (Å²) in [6.07, 6.45) is 1.62. The molecule has 0 heterocycles. The third kappa shape index (κ3) is 5.35. The van der Waals surface area contributed by atoms with Gasteiger partial charge in [0.05, 0.1) is 7.14 Å². The number of ether oxygens (including phenoxy) is 2. The molecule has 0 aliphatic heterocycles. The second-order valence-corrected chi connectivity index (χ2v) is 13.0. The maximum absolute atomic E-state index is 6.18. The van der Waals surface area contributed by atoms with Gasteiger partial charge in [-0.3, -0.25) is 0 Å². The molecule has 2 aromatic rings. The highest BCUT2D eigenvalue weighted by atomic mass is 127. The zero-order chi connectivity index (χ0) is 16.7. The molecule has 0 spiro atoms. The summed E-state index contributed by atoms with van der Waals surface area (Å²) in [5.41, 5.74) is 0. The Balaban J connectivity index is 2.04. The molecular formula is C18H22I2O2Si-. The van der Waals surface area contributed by atoms with E-state index in [4.69, 9.17) is 9.47 Å². The van der Waals surface area contributed by atoms with Crippen molar-refractivity contribution in [1.82, 2.24) is 0 Å². The Bertz CT molecular complexity index is 578. The molecule has 125 valence electrons. The molecular weight excluding hydrogens is 530 g/mol. The Morgan fingerprint density at radius 2 is 1.13 bits per heavy atom. The van der Waals surface area contributed by atoms with Crippen LogP contribution in [0.4, 0.5) is 0 Å². The first-order valence-electron chi connectivity index (χ1n) is 7.85. The third-order valence-electron chi connectivity index (χ3n) is 4.24. The van der Waals surface area contributed by atoms with Gasteiger partial charge in [0.15, 0.2) is 0 Å². The van der Waals surface area contributed by atoms with E-state index in [1.165, 1.54) is 7.14 Å². The molecule has 0 atom stereocenters. The smallest absolute Gasteiger partial charge is 0.128 e. The summed E-state index contributed by atoms with van der Waals surface area (Å²) in [4.78, 5) is 0. The highest BCUT2D eigenvalue weighted by molar-refractivity contribution is 14.1.